The Kier molecular flexibility index (Phi) is 5.97. The normalized spacial score (nSPS) is 13.4. The molecule has 4 nitrogen and oxygen atoms in total. The molecular weight excluding hydrogens is 247 g/mol. The Balaban J connectivity index is 2.53. The highest BCUT2D eigenvalue weighted by Gasteiger charge is 2.20. The summed E-state index contributed by atoms with van der Waals surface area (Å²) in [6.07, 6.45) is 0.788. The van der Waals surface area contributed by atoms with Crippen molar-refractivity contribution in [1.29, 1.82) is 5.26 Å². The zero-order valence-electron chi connectivity index (χ0n) is 10.8. The van der Waals surface area contributed by atoms with Crippen LogP contribution in [0, 0.1) is 23.1 Å². The topological polar surface area (TPSA) is 76.1 Å². The summed E-state index contributed by atoms with van der Waals surface area (Å²) in [7, 11) is 0. The average Bonchev–Trinajstić information content (AvgIpc) is 2.40. The fourth-order valence-electron chi connectivity index (χ4n) is 1.70. The van der Waals surface area contributed by atoms with Gasteiger partial charge >= 0.3 is 5.97 Å². The second kappa shape index (κ2) is 7.49. The SMILES string of the molecule is CCOC(=O)C(C#N)CC[C@@H](N)c1ccc(F)cc1. The predicted octanol–water partition coefficient (Wildman–Crippen LogP) is 2.31. The molecule has 1 aromatic carbocycles. The number of nitrogens with zero attached hydrogens (tertiary/aromatic N) is 1. The van der Waals surface area contributed by atoms with Crippen LogP contribution >= 0.6 is 0 Å². The van der Waals surface area contributed by atoms with E-state index in [2.05, 4.69) is 0 Å². The molecule has 1 unspecified atom stereocenters. The van der Waals surface area contributed by atoms with E-state index >= 15 is 0 Å². The summed E-state index contributed by atoms with van der Waals surface area (Å²) in [4.78, 5) is 11.4. The maximum Gasteiger partial charge on any atom is 0.323 e. The molecule has 0 spiro atoms. The van der Waals surface area contributed by atoms with E-state index in [1.54, 1.807) is 19.1 Å². The second-order valence-corrected chi connectivity index (χ2v) is 4.17. The van der Waals surface area contributed by atoms with Crippen molar-refractivity contribution in [2.75, 3.05) is 6.61 Å². The van der Waals surface area contributed by atoms with Gasteiger partial charge in [0.2, 0.25) is 0 Å². The Morgan fingerprint density at radius 3 is 2.58 bits per heavy atom. The van der Waals surface area contributed by atoms with Gasteiger partial charge in [-0.3, -0.25) is 4.79 Å². The number of carbonyl (C=O) groups is 1. The number of nitrogens with two attached hydrogens (primary N) is 1. The van der Waals surface area contributed by atoms with Crippen LogP contribution < -0.4 is 5.73 Å². The zero-order valence-corrected chi connectivity index (χ0v) is 10.8. The summed E-state index contributed by atoms with van der Waals surface area (Å²) in [6.45, 7) is 1.94. The molecule has 0 aliphatic carbocycles. The van der Waals surface area contributed by atoms with Crippen molar-refractivity contribution in [1.82, 2.24) is 0 Å². The van der Waals surface area contributed by atoms with Gasteiger partial charge < -0.3 is 10.5 Å². The van der Waals surface area contributed by atoms with Crippen LogP contribution in [0.4, 0.5) is 4.39 Å². The number of esters is 1. The maximum absolute atomic E-state index is 12.8. The first-order valence-electron chi connectivity index (χ1n) is 6.15. The van der Waals surface area contributed by atoms with E-state index in [4.69, 9.17) is 15.7 Å². The first kappa shape index (κ1) is 15.1. The van der Waals surface area contributed by atoms with Crippen LogP contribution in [-0.2, 0) is 9.53 Å². The van der Waals surface area contributed by atoms with Gasteiger partial charge in [-0.25, -0.2) is 4.39 Å². The van der Waals surface area contributed by atoms with Crippen molar-refractivity contribution in [3.8, 4) is 6.07 Å². The van der Waals surface area contributed by atoms with Gasteiger partial charge in [0.25, 0.3) is 0 Å². The van der Waals surface area contributed by atoms with Crippen molar-refractivity contribution < 1.29 is 13.9 Å². The van der Waals surface area contributed by atoms with Crippen LogP contribution in [0.15, 0.2) is 24.3 Å². The number of hydrogen-bond acceptors (Lipinski definition) is 4. The number of halogens is 1. The van der Waals surface area contributed by atoms with E-state index in [1.165, 1.54) is 12.1 Å². The fourth-order valence-corrected chi connectivity index (χ4v) is 1.70. The van der Waals surface area contributed by atoms with Gasteiger partial charge in [0.1, 0.15) is 11.7 Å². The molecule has 1 rings (SSSR count). The number of carbonyl (C=O) groups excluding carboxylic acids is 1. The molecule has 1 aromatic rings. The van der Waals surface area contributed by atoms with Crippen molar-refractivity contribution in [3.05, 3.63) is 35.6 Å². The largest absolute Gasteiger partial charge is 0.465 e. The molecule has 0 aromatic heterocycles. The average molecular weight is 264 g/mol. The van der Waals surface area contributed by atoms with E-state index in [-0.39, 0.29) is 18.5 Å². The van der Waals surface area contributed by atoms with Gasteiger partial charge in [-0.05, 0) is 37.5 Å². The molecule has 0 aliphatic rings. The van der Waals surface area contributed by atoms with E-state index < -0.39 is 11.9 Å². The molecule has 19 heavy (non-hydrogen) atoms. The molecule has 0 bridgehead atoms. The summed E-state index contributed by atoms with van der Waals surface area (Å²) < 4.78 is 17.6. The standard InChI is InChI=1S/C14H17FN2O2/c1-2-19-14(18)11(9-16)5-8-13(17)10-3-6-12(15)7-4-10/h3-4,6-7,11,13H,2,5,8,17H2,1H3/t11?,13-/m1/s1. The number of hydrogen-bond donors (Lipinski definition) is 1. The number of rotatable bonds is 6. The molecule has 0 heterocycles. The molecule has 0 radical (unpaired) electrons. The van der Waals surface area contributed by atoms with Gasteiger partial charge in [0.15, 0.2) is 0 Å². The fraction of sp³-hybridized carbons (Fsp3) is 0.429. The number of ether oxygens (including phenoxy) is 1. The molecule has 5 heteroatoms. The number of benzene rings is 1. The monoisotopic (exact) mass is 264 g/mol. The Morgan fingerprint density at radius 1 is 1.42 bits per heavy atom. The summed E-state index contributed by atoms with van der Waals surface area (Å²) in [6, 6.07) is 7.46. The third kappa shape index (κ3) is 4.68. The van der Waals surface area contributed by atoms with E-state index in [9.17, 15) is 9.18 Å². The quantitative estimate of drug-likeness (QED) is 0.800. The Labute approximate surface area is 112 Å². The molecular formula is C14H17FN2O2. The van der Waals surface area contributed by atoms with Gasteiger partial charge in [-0.2, -0.15) is 5.26 Å². The summed E-state index contributed by atoms with van der Waals surface area (Å²) in [5, 5.41) is 8.90. The van der Waals surface area contributed by atoms with Crippen LogP contribution in [0.2, 0.25) is 0 Å². The van der Waals surface area contributed by atoms with Crippen LogP contribution in [0.5, 0.6) is 0 Å². The maximum atomic E-state index is 12.8. The second-order valence-electron chi connectivity index (χ2n) is 4.17. The van der Waals surface area contributed by atoms with Crippen LogP contribution in [0.25, 0.3) is 0 Å². The number of nitriles is 1. The minimum absolute atomic E-state index is 0.251. The molecule has 102 valence electrons. The van der Waals surface area contributed by atoms with E-state index in [0.29, 0.717) is 12.8 Å². The predicted molar refractivity (Wildman–Crippen MR) is 68.3 cm³/mol. The minimum Gasteiger partial charge on any atom is -0.465 e. The van der Waals surface area contributed by atoms with Gasteiger partial charge in [0.05, 0.1) is 12.7 Å². The molecule has 0 fully saturated rings. The first-order valence-corrected chi connectivity index (χ1v) is 6.15. The van der Waals surface area contributed by atoms with Crippen LogP contribution in [0.1, 0.15) is 31.4 Å². The third-order valence-corrected chi connectivity index (χ3v) is 2.79. The summed E-state index contributed by atoms with van der Waals surface area (Å²) in [5.41, 5.74) is 6.72. The Morgan fingerprint density at radius 2 is 2.05 bits per heavy atom. The summed E-state index contributed by atoms with van der Waals surface area (Å²) >= 11 is 0. The van der Waals surface area contributed by atoms with Gasteiger partial charge in [-0.1, -0.05) is 12.1 Å². The molecule has 0 amide bonds. The smallest absolute Gasteiger partial charge is 0.323 e. The van der Waals surface area contributed by atoms with Crippen LogP contribution in [0.3, 0.4) is 0 Å². The lowest BCUT2D eigenvalue weighted by molar-refractivity contribution is -0.146. The highest BCUT2D eigenvalue weighted by molar-refractivity contribution is 5.75. The third-order valence-electron chi connectivity index (χ3n) is 2.79. The van der Waals surface area contributed by atoms with Gasteiger partial charge in [-0.15, -0.1) is 0 Å². The molecule has 2 atom stereocenters. The van der Waals surface area contributed by atoms with Gasteiger partial charge in [0, 0.05) is 6.04 Å². The Bertz CT molecular complexity index is 454. The minimum atomic E-state index is -0.800. The molecule has 0 saturated heterocycles. The van der Waals surface area contributed by atoms with Crippen molar-refractivity contribution >= 4 is 5.97 Å². The first-order chi connectivity index (χ1) is 9.08. The molecule has 2 N–H and O–H groups in total. The van der Waals surface area contributed by atoms with Crippen LogP contribution in [-0.4, -0.2) is 12.6 Å². The van der Waals surface area contributed by atoms with Crippen molar-refractivity contribution in [2.24, 2.45) is 11.7 Å². The molecule has 0 saturated carbocycles. The summed E-state index contributed by atoms with van der Waals surface area (Å²) in [5.74, 6) is -1.64. The Hall–Kier alpha value is -1.93. The lowest BCUT2D eigenvalue weighted by Gasteiger charge is -2.14. The highest BCUT2D eigenvalue weighted by atomic mass is 19.1. The van der Waals surface area contributed by atoms with E-state index in [0.717, 1.165) is 5.56 Å². The lowest BCUT2D eigenvalue weighted by Crippen LogP contribution is -2.19. The highest BCUT2D eigenvalue weighted by Crippen LogP contribution is 2.19. The van der Waals surface area contributed by atoms with Crippen molar-refractivity contribution in [3.63, 3.8) is 0 Å². The lowest BCUT2D eigenvalue weighted by atomic mass is 9.97. The zero-order chi connectivity index (χ0) is 14.3. The molecule has 0 aliphatic heterocycles. The van der Waals surface area contributed by atoms with E-state index in [1.807, 2.05) is 6.07 Å². The van der Waals surface area contributed by atoms with Crippen molar-refractivity contribution in [2.45, 2.75) is 25.8 Å².